The molecule has 23 heavy (non-hydrogen) atoms. The summed E-state index contributed by atoms with van der Waals surface area (Å²) in [6.45, 7) is 8.98. The summed E-state index contributed by atoms with van der Waals surface area (Å²) in [5.41, 5.74) is 0. The quantitative estimate of drug-likeness (QED) is 0.337. The fourth-order valence-electron chi connectivity index (χ4n) is 2.98. The van der Waals surface area contributed by atoms with Gasteiger partial charge in [0, 0.05) is 36.3 Å². The van der Waals surface area contributed by atoms with Crippen molar-refractivity contribution >= 4 is 53.5 Å². The van der Waals surface area contributed by atoms with E-state index in [0.717, 1.165) is 62.7 Å². The Bertz CT molecular complexity index is 341. The van der Waals surface area contributed by atoms with Crippen molar-refractivity contribution in [2.45, 2.75) is 49.5 Å². The van der Waals surface area contributed by atoms with E-state index in [1.54, 1.807) is 0 Å². The van der Waals surface area contributed by atoms with E-state index < -0.39 is 0 Å². The molecule has 2 aliphatic rings. The molecule has 1 unspecified atom stereocenters. The smallest absolute Gasteiger partial charge is 0.191 e. The minimum absolute atomic E-state index is 0. The number of guanidine groups is 1. The molecule has 2 aliphatic heterocycles. The number of nitrogens with one attached hydrogen (secondary N) is 2. The van der Waals surface area contributed by atoms with Crippen molar-refractivity contribution in [3.8, 4) is 0 Å². The molecule has 4 nitrogen and oxygen atoms in total. The molecule has 0 radical (unpaired) electrons. The average Bonchev–Trinajstić information content (AvgIpc) is 3.05. The van der Waals surface area contributed by atoms with Crippen molar-refractivity contribution in [2.24, 2.45) is 4.99 Å². The molecule has 0 saturated carbocycles. The van der Waals surface area contributed by atoms with Crippen LogP contribution in [0.5, 0.6) is 0 Å². The molecule has 0 aliphatic carbocycles. The van der Waals surface area contributed by atoms with E-state index in [1.807, 2.05) is 0 Å². The molecule has 2 rings (SSSR count). The van der Waals surface area contributed by atoms with Crippen molar-refractivity contribution in [2.75, 3.05) is 44.4 Å². The van der Waals surface area contributed by atoms with Crippen LogP contribution in [0.3, 0.4) is 0 Å². The van der Waals surface area contributed by atoms with Gasteiger partial charge in [-0.3, -0.25) is 4.99 Å². The summed E-state index contributed by atoms with van der Waals surface area (Å²) >= 11 is 4.15. The summed E-state index contributed by atoms with van der Waals surface area (Å²) in [4.78, 5) is 4.90. The van der Waals surface area contributed by atoms with Crippen molar-refractivity contribution in [1.82, 2.24) is 10.6 Å². The molecule has 2 fully saturated rings. The summed E-state index contributed by atoms with van der Waals surface area (Å²) in [7, 11) is 0. The Labute approximate surface area is 167 Å². The van der Waals surface area contributed by atoms with Crippen molar-refractivity contribution < 1.29 is 4.74 Å². The fourth-order valence-corrected chi connectivity index (χ4v) is 5.40. The van der Waals surface area contributed by atoms with E-state index in [-0.39, 0.29) is 28.7 Å². The van der Waals surface area contributed by atoms with E-state index >= 15 is 0 Å². The molecular formula is C16H32IN3OS2. The van der Waals surface area contributed by atoms with Crippen LogP contribution in [-0.2, 0) is 4.74 Å². The first-order chi connectivity index (χ1) is 10.8. The minimum Gasteiger partial charge on any atom is -0.381 e. The van der Waals surface area contributed by atoms with Gasteiger partial charge in [-0.25, -0.2) is 0 Å². The maximum absolute atomic E-state index is 5.54. The molecule has 2 heterocycles. The summed E-state index contributed by atoms with van der Waals surface area (Å²) in [5, 5.41) is 7.69. The largest absolute Gasteiger partial charge is 0.381 e. The zero-order chi connectivity index (χ0) is 15.7. The fraction of sp³-hybridized carbons (Fsp3) is 0.938. The van der Waals surface area contributed by atoms with Crippen LogP contribution in [0, 0.1) is 0 Å². The first-order valence-electron chi connectivity index (χ1n) is 8.63. The third kappa shape index (κ3) is 7.61. The number of rotatable bonds is 7. The van der Waals surface area contributed by atoms with Gasteiger partial charge in [0.15, 0.2) is 5.96 Å². The van der Waals surface area contributed by atoms with Crippen LogP contribution in [0.25, 0.3) is 0 Å². The van der Waals surface area contributed by atoms with Crippen LogP contribution >= 0.6 is 47.5 Å². The molecule has 7 heteroatoms. The van der Waals surface area contributed by atoms with Crippen molar-refractivity contribution in [3.63, 3.8) is 0 Å². The Morgan fingerprint density at radius 3 is 2.70 bits per heavy atom. The lowest BCUT2D eigenvalue weighted by atomic mass is 9.99. The van der Waals surface area contributed by atoms with Crippen LogP contribution in [-0.4, -0.2) is 60.3 Å². The van der Waals surface area contributed by atoms with Crippen molar-refractivity contribution in [1.29, 1.82) is 0 Å². The summed E-state index contributed by atoms with van der Waals surface area (Å²) in [6, 6.07) is 0. The monoisotopic (exact) mass is 473 g/mol. The van der Waals surface area contributed by atoms with Crippen molar-refractivity contribution in [3.05, 3.63) is 0 Å². The van der Waals surface area contributed by atoms with E-state index in [9.17, 15) is 0 Å². The predicted molar refractivity (Wildman–Crippen MR) is 116 cm³/mol. The van der Waals surface area contributed by atoms with Gasteiger partial charge in [0.25, 0.3) is 0 Å². The third-order valence-corrected chi connectivity index (χ3v) is 7.08. The maximum atomic E-state index is 5.54. The topological polar surface area (TPSA) is 45.7 Å². The second kappa shape index (κ2) is 12.1. The van der Waals surface area contributed by atoms with E-state index in [1.165, 1.54) is 18.6 Å². The molecule has 2 N–H and O–H groups in total. The van der Waals surface area contributed by atoms with Gasteiger partial charge in [-0.1, -0.05) is 6.92 Å². The van der Waals surface area contributed by atoms with Crippen LogP contribution in [0.2, 0.25) is 0 Å². The van der Waals surface area contributed by atoms with Gasteiger partial charge in [-0.15, -0.1) is 24.0 Å². The Morgan fingerprint density at radius 1 is 1.30 bits per heavy atom. The Hall–Kier alpha value is 0.660. The van der Waals surface area contributed by atoms with Crippen LogP contribution < -0.4 is 10.6 Å². The number of thioether (sulfide) groups is 2. The van der Waals surface area contributed by atoms with Crippen LogP contribution in [0.4, 0.5) is 0 Å². The lowest BCUT2D eigenvalue weighted by Crippen LogP contribution is -2.42. The predicted octanol–water partition coefficient (Wildman–Crippen LogP) is 3.36. The Morgan fingerprint density at radius 2 is 2.09 bits per heavy atom. The SMILES string of the molecule is CCNC(=NCC1(SCC)CCOCC1)NCC1CCCS1.I. The highest BCUT2D eigenvalue weighted by molar-refractivity contribution is 14.0. The van der Waals surface area contributed by atoms with Gasteiger partial charge < -0.3 is 15.4 Å². The second-order valence-corrected chi connectivity index (χ2v) is 9.08. The highest BCUT2D eigenvalue weighted by Crippen LogP contribution is 2.35. The Kier molecular flexibility index (Phi) is 11.4. The lowest BCUT2D eigenvalue weighted by molar-refractivity contribution is 0.0793. The molecule has 1 atom stereocenters. The van der Waals surface area contributed by atoms with E-state index in [2.05, 4.69) is 48.0 Å². The summed E-state index contributed by atoms with van der Waals surface area (Å²) in [6.07, 6.45) is 4.94. The molecule has 136 valence electrons. The minimum atomic E-state index is 0. The zero-order valence-corrected chi connectivity index (χ0v) is 18.4. The van der Waals surface area contributed by atoms with Crippen LogP contribution in [0.1, 0.15) is 39.5 Å². The number of aliphatic imine (C=N–C) groups is 1. The zero-order valence-electron chi connectivity index (χ0n) is 14.4. The van der Waals surface area contributed by atoms with Gasteiger partial charge in [0.1, 0.15) is 0 Å². The van der Waals surface area contributed by atoms with Gasteiger partial charge in [0.2, 0.25) is 0 Å². The number of halogens is 1. The average molecular weight is 473 g/mol. The number of hydrogen-bond acceptors (Lipinski definition) is 4. The van der Waals surface area contributed by atoms with Gasteiger partial charge >= 0.3 is 0 Å². The molecule has 2 saturated heterocycles. The molecule has 0 spiro atoms. The first kappa shape index (κ1) is 21.7. The molecule has 0 bridgehead atoms. The molecular weight excluding hydrogens is 441 g/mol. The third-order valence-electron chi connectivity index (χ3n) is 4.25. The number of nitrogens with zero attached hydrogens (tertiary/aromatic N) is 1. The Balaban J connectivity index is 0.00000264. The lowest BCUT2D eigenvalue weighted by Gasteiger charge is -2.35. The summed E-state index contributed by atoms with van der Waals surface area (Å²) in [5.74, 6) is 3.45. The first-order valence-corrected chi connectivity index (χ1v) is 10.7. The number of hydrogen-bond donors (Lipinski definition) is 2. The molecule has 0 aromatic rings. The van der Waals surface area contributed by atoms with Crippen LogP contribution in [0.15, 0.2) is 4.99 Å². The van der Waals surface area contributed by atoms with Gasteiger partial charge in [-0.05, 0) is 44.1 Å². The van der Waals surface area contributed by atoms with E-state index in [0.29, 0.717) is 0 Å². The summed E-state index contributed by atoms with van der Waals surface area (Å²) < 4.78 is 5.82. The maximum Gasteiger partial charge on any atom is 0.191 e. The highest BCUT2D eigenvalue weighted by atomic mass is 127. The standard InChI is InChI=1S/C16H31N3OS2.HI/c1-3-17-15(18-12-14-6-5-11-21-14)19-13-16(22-4-2)7-9-20-10-8-16;/h14H,3-13H2,1-2H3,(H2,17,18,19);1H. The number of ether oxygens (including phenoxy) is 1. The van der Waals surface area contributed by atoms with E-state index in [4.69, 9.17) is 9.73 Å². The molecule has 0 aromatic heterocycles. The molecule has 0 aromatic carbocycles. The normalized spacial score (nSPS) is 24.1. The van der Waals surface area contributed by atoms with Gasteiger partial charge in [0.05, 0.1) is 6.54 Å². The van der Waals surface area contributed by atoms with Gasteiger partial charge in [-0.2, -0.15) is 23.5 Å². The second-order valence-electron chi connectivity index (χ2n) is 5.94. The molecule has 0 amide bonds. The highest BCUT2D eigenvalue weighted by Gasteiger charge is 2.32.